The van der Waals surface area contributed by atoms with Gasteiger partial charge in [0.05, 0.1) is 16.4 Å². The van der Waals surface area contributed by atoms with Crippen molar-refractivity contribution in [3.05, 3.63) is 132 Å². The zero-order valence-corrected chi connectivity index (χ0v) is 23.0. The highest BCUT2D eigenvalue weighted by Crippen LogP contribution is 2.38. The molecule has 9 aromatic rings. The van der Waals surface area contributed by atoms with E-state index in [1.165, 1.54) is 32.9 Å². The van der Waals surface area contributed by atoms with Gasteiger partial charge < -0.3 is 13.4 Å². The summed E-state index contributed by atoms with van der Waals surface area (Å²) in [5.74, 6) is 0.565. The molecule has 0 atom stereocenters. The third-order valence-corrected chi connectivity index (χ3v) is 8.34. The molecule has 198 valence electrons. The van der Waals surface area contributed by atoms with Crippen molar-refractivity contribution in [2.45, 2.75) is 0 Å². The number of furan rings is 1. The van der Waals surface area contributed by atoms with Crippen molar-refractivity contribution in [1.29, 1.82) is 0 Å². The molecule has 5 heteroatoms. The van der Waals surface area contributed by atoms with Crippen LogP contribution in [0.1, 0.15) is 0 Å². The van der Waals surface area contributed by atoms with Crippen LogP contribution in [0.5, 0.6) is 0 Å². The summed E-state index contributed by atoms with van der Waals surface area (Å²) >= 11 is 6.31. The molecule has 0 radical (unpaired) electrons. The first kappa shape index (κ1) is 23.4. The predicted molar refractivity (Wildman–Crippen MR) is 172 cm³/mol. The lowest BCUT2D eigenvalue weighted by atomic mass is 10.0. The minimum atomic E-state index is 0.565. The molecular formula is C37H21ClN2O2. The third kappa shape index (κ3) is 3.46. The van der Waals surface area contributed by atoms with Crippen LogP contribution in [0, 0.1) is 0 Å². The zero-order valence-electron chi connectivity index (χ0n) is 22.2. The SMILES string of the molecule is Clc1ccc2oc3ccc4oc(-c5ccc(-n6c7ccccc7c7cc(-c8ccccc8)ccc76)cc5)nc4c3c2c1. The first-order valence-corrected chi connectivity index (χ1v) is 14.2. The number of benzene rings is 6. The van der Waals surface area contributed by atoms with Gasteiger partial charge in [0, 0.05) is 32.4 Å². The van der Waals surface area contributed by atoms with Gasteiger partial charge in [-0.15, -0.1) is 0 Å². The van der Waals surface area contributed by atoms with E-state index in [1.807, 2.05) is 30.3 Å². The van der Waals surface area contributed by atoms with E-state index in [4.69, 9.17) is 25.4 Å². The van der Waals surface area contributed by atoms with E-state index in [-0.39, 0.29) is 0 Å². The van der Waals surface area contributed by atoms with Crippen molar-refractivity contribution in [3.63, 3.8) is 0 Å². The van der Waals surface area contributed by atoms with Gasteiger partial charge >= 0.3 is 0 Å². The van der Waals surface area contributed by atoms with Gasteiger partial charge in [-0.25, -0.2) is 4.98 Å². The molecule has 0 bridgehead atoms. The van der Waals surface area contributed by atoms with Crippen LogP contribution in [0.3, 0.4) is 0 Å². The number of para-hydroxylation sites is 1. The molecule has 0 aliphatic heterocycles. The minimum absolute atomic E-state index is 0.565. The van der Waals surface area contributed by atoms with Gasteiger partial charge in [-0.05, 0) is 83.9 Å². The number of hydrogen-bond acceptors (Lipinski definition) is 3. The minimum Gasteiger partial charge on any atom is -0.456 e. The molecule has 0 saturated carbocycles. The summed E-state index contributed by atoms with van der Waals surface area (Å²) in [6.07, 6.45) is 0. The molecule has 3 heterocycles. The van der Waals surface area contributed by atoms with Crippen molar-refractivity contribution in [3.8, 4) is 28.3 Å². The van der Waals surface area contributed by atoms with Gasteiger partial charge in [-0.2, -0.15) is 0 Å². The fourth-order valence-corrected chi connectivity index (χ4v) is 6.34. The van der Waals surface area contributed by atoms with Crippen LogP contribution in [-0.2, 0) is 0 Å². The Morgan fingerprint density at radius 3 is 2.14 bits per heavy atom. The number of rotatable bonds is 3. The molecule has 0 N–H and O–H groups in total. The second-order valence-corrected chi connectivity index (χ2v) is 11.0. The summed E-state index contributed by atoms with van der Waals surface area (Å²) in [5, 5.41) is 4.95. The Balaban J connectivity index is 1.17. The highest BCUT2D eigenvalue weighted by atomic mass is 35.5. The van der Waals surface area contributed by atoms with E-state index in [9.17, 15) is 0 Å². The van der Waals surface area contributed by atoms with E-state index < -0.39 is 0 Å². The maximum absolute atomic E-state index is 6.31. The lowest BCUT2D eigenvalue weighted by molar-refractivity contribution is 0.619. The summed E-state index contributed by atoms with van der Waals surface area (Å²) in [6.45, 7) is 0. The largest absolute Gasteiger partial charge is 0.456 e. The van der Waals surface area contributed by atoms with Crippen molar-refractivity contribution >= 4 is 66.4 Å². The number of hydrogen-bond donors (Lipinski definition) is 0. The van der Waals surface area contributed by atoms with Crippen LogP contribution >= 0.6 is 11.6 Å². The topological polar surface area (TPSA) is 44.1 Å². The molecule has 42 heavy (non-hydrogen) atoms. The number of fused-ring (bicyclic) bond motifs is 8. The quantitative estimate of drug-likeness (QED) is 0.216. The Labute approximate surface area is 245 Å². The van der Waals surface area contributed by atoms with Gasteiger partial charge in [-0.1, -0.05) is 66.2 Å². The fourth-order valence-electron chi connectivity index (χ4n) is 6.16. The molecule has 0 fully saturated rings. The molecule has 0 aliphatic carbocycles. The van der Waals surface area contributed by atoms with Gasteiger partial charge in [0.2, 0.25) is 5.89 Å². The Kier molecular flexibility index (Phi) is 4.92. The maximum atomic E-state index is 6.31. The Hall–Kier alpha value is -5.32. The predicted octanol–water partition coefficient (Wildman–Crippen LogP) is 10.8. The van der Waals surface area contributed by atoms with Crippen molar-refractivity contribution in [1.82, 2.24) is 9.55 Å². The third-order valence-electron chi connectivity index (χ3n) is 8.11. The summed E-state index contributed by atoms with van der Waals surface area (Å²) in [4.78, 5) is 4.92. The van der Waals surface area contributed by atoms with E-state index in [2.05, 4.69) is 102 Å². The Bertz CT molecular complexity index is 2470. The normalized spacial score (nSPS) is 11.9. The molecule has 0 saturated heterocycles. The first-order chi connectivity index (χ1) is 20.7. The van der Waals surface area contributed by atoms with Crippen LogP contribution in [-0.4, -0.2) is 9.55 Å². The smallest absolute Gasteiger partial charge is 0.227 e. The summed E-state index contributed by atoms with van der Waals surface area (Å²) in [6, 6.07) is 43.7. The van der Waals surface area contributed by atoms with Gasteiger partial charge in [-0.3, -0.25) is 0 Å². The van der Waals surface area contributed by atoms with E-state index in [1.54, 1.807) is 0 Å². The zero-order chi connectivity index (χ0) is 27.8. The van der Waals surface area contributed by atoms with E-state index in [0.717, 1.165) is 38.7 Å². The second kappa shape index (κ2) is 8.84. The number of nitrogens with zero attached hydrogens (tertiary/aromatic N) is 2. The summed E-state index contributed by atoms with van der Waals surface area (Å²) < 4.78 is 14.6. The van der Waals surface area contributed by atoms with Crippen LogP contribution in [0.15, 0.2) is 136 Å². The van der Waals surface area contributed by atoms with Crippen LogP contribution in [0.25, 0.3) is 83.1 Å². The first-order valence-electron chi connectivity index (χ1n) is 13.8. The fraction of sp³-hybridized carbons (Fsp3) is 0. The van der Waals surface area contributed by atoms with Crippen LogP contribution < -0.4 is 0 Å². The number of aromatic nitrogens is 2. The van der Waals surface area contributed by atoms with Crippen LogP contribution in [0.4, 0.5) is 0 Å². The lowest BCUT2D eigenvalue weighted by Gasteiger charge is -2.09. The molecule has 0 amide bonds. The average Bonchev–Trinajstić information content (AvgIpc) is 3.73. The summed E-state index contributed by atoms with van der Waals surface area (Å²) in [7, 11) is 0. The molecule has 4 nitrogen and oxygen atoms in total. The molecular weight excluding hydrogens is 540 g/mol. The Morgan fingerprint density at radius 1 is 0.524 bits per heavy atom. The molecule has 0 unspecified atom stereocenters. The highest BCUT2D eigenvalue weighted by molar-refractivity contribution is 6.32. The Morgan fingerprint density at radius 2 is 1.26 bits per heavy atom. The molecule has 0 spiro atoms. The molecule has 9 rings (SSSR count). The number of halogens is 1. The van der Waals surface area contributed by atoms with Crippen molar-refractivity contribution in [2.75, 3.05) is 0 Å². The summed E-state index contributed by atoms with van der Waals surface area (Å²) in [5.41, 5.74) is 9.74. The average molecular weight is 561 g/mol. The monoisotopic (exact) mass is 560 g/mol. The highest BCUT2D eigenvalue weighted by Gasteiger charge is 2.18. The number of oxazole rings is 1. The van der Waals surface area contributed by atoms with E-state index in [0.29, 0.717) is 16.5 Å². The lowest BCUT2D eigenvalue weighted by Crippen LogP contribution is -1.93. The molecule has 3 aromatic heterocycles. The van der Waals surface area contributed by atoms with Gasteiger partial charge in [0.25, 0.3) is 0 Å². The standard InChI is InChI=1S/C37H21ClN2O2/c38-25-13-17-32-29(21-25)35-33(41-32)18-19-34-36(35)39-37(42-34)23-10-14-26(15-11-23)40-30-9-5-4-8-27(30)28-20-24(12-16-31(28)40)22-6-2-1-3-7-22/h1-21H. The van der Waals surface area contributed by atoms with Gasteiger partial charge in [0.15, 0.2) is 5.58 Å². The van der Waals surface area contributed by atoms with Crippen LogP contribution in [0.2, 0.25) is 5.02 Å². The molecule has 0 aliphatic rings. The van der Waals surface area contributed by atoms with Crippen molar-refractivity contribution in [2.24, 2.45) is 0 Å². The second-order valence-electron chi connectivity index (χ2n) is 10.5. The van der Waals surface area contributed by atoms with Crippen molar-refractivity contribution < 1.29 is 8.83 Å². The van der Waals surface area contributed by atoms with Gasteiger partial charge in [0.1, 0.15) is 16.7 Å². The maximum Gasteiger partial charge on any atom is 0.227 e. The van der Waals surface area contributed by atoms with E-state index >= 15 is 0 Å². The molecule has 6 aromatic carbocycles.